The zero-order valence-electron chi connectivity index (χ0n) is 10.6. The lowest BCUT2D eigenvalue weighted by atomic mass is 10.2. The van der Waals surface area contributed by atoms with Crippen molar-refractivity contribution >= 4 is 21.5 Å². The molecule has 1 aliphatic heterocycles. The Hall–Kier alpha value is -1.96. The summed E-state index contributed by atoms with van der Waals surface area (Å²) < 4.78 is 25.2. The van der Waals surface area contributed by atoms with Gasteiger partial charge in [0, 0.05) is 12.6 Å². The predicted octanol–water partition coefficient (Wildman–Crippen LogP) is 0.547. The number of rotatable bonds is 3. The largest absolute Gasteiger partial charge is 0.478 e. The molecule has 3 heterocycles. The van der Waals surface area contributed by atoms with E-state index in [0.717, 1.165) is 0 Å². The fraction of sp³-hybridized carbons (Fsp3) is 0.417. The molecule has 7 nitrogen and oxygen atoms in total. The lowest BCUT2D eigenvalue weighted by Crippen LogP contribution is -2.20. The lowest BCUT2D eigenvalue weighted by molar-refractivity contribution is 0.0696. The maximum absolute atomic E-state index is 11.8. The summed E-state index contributed by atoms with van der Waals surface area (Å²) in [5, 5.41) is 16.5. The third-order valence-electron chi connectivity index (χ3n) is 3.59. The first-order valence-electron chi connectivity index (χ1n) is 6.26. The standard InChI is InChI=1S/C12H13N3O4S/c16-12(17)8-3-4-10-13-14-11(15(10)7-8)6-9-2-1-5-20(9,18)19/h3-4,7,9H,1-2,5-6H2,(H,16,17). The number of sulfone groups is 1. The number of carbonyl (C=O) groups is 1. The van der Waals surface area contributed by atoms with Crippen LogP contribution in [0.1, 0.15) is 29.0 Å². The molecule has 1 N–H and O–H groups in total. The predicted molar refractivity (Wildman–Crippen MR) is 70.5 cm³/mol. The maximum atomic E-state index is 11.8. The summed E-state index contributed by atoms with van der Waals surface area (Å²) in [5.41, 5.74) is 0.633. The third-order valence-corrected chi connectivity index (χ3v) is 5.87. The van der Waals surface area contributed by atoms with E-state index in [0.29, 0.717) is 24.3 Å². The number of aromatic carboxylic acids is 1. The molecule has 0 bridgehead atoms. The Kier molecular flexibility index (Phi) is 2.97. The van der Waals surface area contributed by atoms with E-state index < -0.39 is 21.1 Å². The van der Waals surface area contributed by atoms with Crippen LogP contribution < -0.4 is 0 Å². The van der Waals surface area contributed by atoms with Gasteiger partial charge in [-0.1, -0.05) is 0 Å². The van der Waals surface area contributed by atoms with Gasteiger partial charge < -0.3 is 5.11 Å². The molecular weight excluding hydrogens is 282 g/mol. The molecule has 1 unspecified atom stereocenters. The molecule has 0 radical (unpaired) electrons. The highest BCUT2D eigenvalue weighted by molar-refractivity contribution is 7.92. The van der Waals surface area contributed by atoms with E-state index in [1.807, 2.05) is 0 Å². The van der Waals surface area contributed by atoms with Gasteiger partial charge in [0.25, 0.3) is 0 Å². The molecule has 2 aromatic heterocycles. The second-order valence-corrected chi connectivity index (χ2v) is 7.30. The summed E-state index contributed by atoms with van der Waals surface area (Å²) in [6.45, 7) is 0. The number of pyridine rings is 1. The van der Waals surface area contributed by atoms with Crippen LogP contribution in [0.25, 0.3) is 5.65 Å². The van der Waals surface area contributed by atoms with Crippen molar-refractivity contribution in [3.05, 3.63) is 29.7 Å². The Balaban J connectivity index is 1.99. The van der Waals surface area contributed by atoms with E-state index in [1.165, 1.54) is 12.3 Å². The van der Waals surface area contributed by atoms with Crippen molar-refractivity contribution < 1.29 is 18.3 Å². The minimum atomic E-state index is -3.06. The lowest BCUT2D eigenvalue weighted by Gasteiger charge is -2.07. The normalized spacial score (nSPS) is 21.3. The number of hydrogen-bond acceptors (Lipinski definition) is 5. The molecule has 1 atom stereocenters. The summed E-state index contributed by atoms with van der Waals surface area (Å²) in [4.78, 5) is 11.0. The van der Waals surface area contributed by atoms with Gasteiger partial charge in [-0.3, -0.25) is 4.40 Å². The van der Waals surface area contributed by atoms with Crippen LogP contribution in [0, 0.1) is 0 Å². The van der Waals surface area contributed by atoms with Crippen molar-refractivity contribution in [1.82, 2.24) is 14.6 Å². The monoisotopic (exact) mass is 295 g/mol. The number of carboxylic acid groups (broad SMARTS) is 1. The average Bonchev–Trinajstić information content (AvgIpc) is 2.94. The molecule has 0 aliphatic carbocycles. The maximum Gasteiger partial charge on any atom is 0.337 e. The summed E-state index contributed by atoms with van der Waals surface area (Å²) in [6, 6.07) is 3.01. The number of fused-ring (bicyclic) bond motifs is 1. The van der Waals surface area contributed by atoms with Crippen molar-refractivity contribution in [2.45, 2.75) is 24.5 Å². The highest BCUT2D eigenvalue weighted by Crippen LogP contribution is 2.23. The van der Waals surface area contributed by atoms with E-state index in [9.17, 15) is 13.2 Å². The first kappa shape index (κ1) is 13.0. The van der Waals surface area contributed by atoms with Gasteiger partial charge >= 0.3 is 5.97 Å². The highest BCUT2D eigenvalue weighted by Gasteiger charge is 2.32. The number of nitrogens with zero attached hydrogens (tertiary/aromatic N) is 3. The van der Waals surface area contributed by atoms with Gasteiger partial charge in [-0.15, -0.1) is 10.2 Å². The van der Waals surface area contributed by atoms with Crippen LogP contribution in [-0.2, 0) is 16.3 Å². The van der Waals surface area contributed by atoms with Gasteiger partial charge in [0.05, 0.1) is 16.6 Å². The van der Waals surface area contributed by atoms with E-state index in [4.69, 9.17) is 5.11 Å². The van der Waals surface area contributed by atoms with Crippen LogP contribution in [0.15, 0.2) is 18.3 Å². The molecular formula is C12H13N3O4S. The van der Waals surface area contributed by atoms with Crippen molar-refractivity contribution in [1.29, 1.82) is 0 Å². The van der Waals surface area contributed by atoms with Gasteiger partial charge in [-0.05, 0) is 25.0 Å². The van der Waals surface area contributed by atoms with Gasteiger partial charge in [0.15, 0.2) is 15.5 Å². The molecule has 0 amide bonds. The third kappa shape index (κ3) is 2.15. The highest BCUT2D eigenvalue weighted by atomic mass is 32.2. The molecule has 106 valence electrons. The molecule has 1 fully saturated rings. The van der Waals surface area contributed by atoms with E-state index >= 15 is 0 Å². The van der Waals surface area contributed by atoms with Crippen LogP contribution in [0.2, 0.25) is 0 Å². The van der Waals surface area contributed by atoms with Crippen LogP contribution in [0.4, 0.5) is 0 Å². The fourth-order valence-electron chi connectivity index (χ4n) is 2.50. The Morgan fingerprint density at radius 2 is 2.20 bits per heavy atom. The smallest absolute Gasteiger partial charge is 0.337 e. The zero-order chi connectivity index (χ0) is 14.3. The molecule has 3 rings (SSSR count). The number of hydrogen-bond donors (Lipinski definition) is 1. The minimum absolute atomic E-state index is 0.118. The first-order chi connectivity index (χ1) is 9.47. The molecule has 1 saturated heterocycles. The summed E-state index contributed by atoms with van der Waals surface area (Å²) in [5.74, 6) is -0.340. The van der Waals surface area contributed by atoms with Gasteiger partial charge in [0.2, 0.25) is 0 Å². The van der Waals surface area contributed by atoms with Crippen molar-refractivity contribution in [3.63, 3.8) is 0 Å². The van der Waals surface area contributed by atoms with Crippen molar-refractivity contribution in [2.75, 3.05) is 5.75 Å². The number of aromatic nitrogens is 3. The Labute approximate surface area is 115 Å². The molecule has 0 saturated carbocycles. The second kappa shape index (κ2) is 4.55. The van der Waals surface area contributed by atoms with Gasteiger partial charge in [0.1, 0.15) is 5.82 Å². The van der Waals surface area contributed by atoms with Gasteiger partial charge in [-0.25, -0.2) is 13.2 Å². The summed E-state index contributed by atoms with van der Waals surface area (Å²) in [6.07, 6.45) is 2.99. The van der Waals surface area contributed by atoms with E-state index in [-0.39, 0.29) is 17.7 Å². The summed E-state index contributed by atoms with van der Waals surface area (Å²) >= 11 is 0. The Morgan fingerprint density at radius 3 is 2.85 bits per heavy atom. The van der Waals surface area contributed by atoms with E-state index in [2.05, 4.69) is 10.2 Å². The molecule has 0 spiro atoms. The Morgan fingerprint density at radius 1 is 1.40 bits per heavy atom. The van der Waals surface area contributed by atoms with Crippen LogP contribution in [0.5, 0.6) is 0 Å². The first-order valence-corrected chi connectivity index (χ1v) is 7.97. The van der Waals surface area contributed by atoms with Crippen LogP contribution in [0.3, 0.4) is 0 Å². The number of carboxylic acids is 1. The molecule has 20 heavy (non-hydrogen) atoms. The van der Waals surface area contributed by atoms with Crippen molar-refractivity contribution in [3.8, 4) is 0 Å². The Bertz CT molecular complexity index is 781. The molecule has 0 aromatic carbocycles. The van der Waals surface area contributed by atoms with Crippen LogP contribution in [-0.4, -0.2) is 45.1 Å². The zero-order valence-corrected chi connectivity index (χ0v) is 11.4. The minimum Gasteiger partial charge on any atom is -0.478 e. The topological polar surface area (TPSA) is 102 Å². The molecule has 2 aromatic rings. The fourth-order valence-corrected chi connectivity index (χ4v) is 4.33. The molecule has 8 heteroatoms. The quantitative estimate of drug-likeness (QED) is 0.887. The van der Waals surface area contributed by atoms with Gasteiger partial charge in [-0.2, -0.15) is 0 Å². The average molecular weight is 295 g/mol. The van der Waals surface area contributed by atoms with Crippen molar-refractivity contribution in [2.24, 2.45) is 0 Å². The summed E-state index contributed by atoms with van der Waals surface area (Å²) in [7, 11) is -3.06. The SMILES string of the molecule is O=C(O)c1ccc2nnc(CC3CCCS3(=O)=O)n2c1. The second-order valence-electron chi connectivity index (χ2n) is 4.90. The van der Waals surface area contributed by atoms with E-state index in [1.54, 1.807) is 10.5 Å². The molecule has 1 aliphatic rings. The van der Waals surface area contributed by atoms with Crippen LogP contribution >= 0.6 is 0 Å².